The second kappa shape index (κ2) is 9.17. The number of anilines is 1. The zero-order chi connectivity index (χ0) is 17.4. The van der Waals surface area contributed by atoms with Gasteiger partial charge in [-0.25, -0.2) is 0 Å². The van der Waals surface area contributed by atoms with Crippen LogP contribution in [0.4, 0.5) is 10.5 Å². The van der Waals surface area contributed by atoms with Gasteiger partial charge < -0.3 is 20.3 Å². The molecule has 0 unspecified atom stereocenters. The summed E-state index contributed by atoms with van der Waals surface area (Å²) >= 11 is 1.28. The van der Waals surface area contributed by atoms with Gasteiger partial charge in [0, 0.05) is 43.6 Å². The quantitative estimate of drug-likeness (QED) is 0.744. The summed E-state index contributed by atoms with van der Waals surface area (Å²) in [6, 6.07) is 6.86. The van der Waals surface area contributed by atoms with E-state index in [0.717, 1.165) is 5.75 Å². The summed E-state index contributed by atoms with van der Waals surface area (Å²) in [6.07, 6.45) is 0.246. The highest BCUT2D eigenvalue weighted by atomic mass is 32.2. The Morgan fingerprint density at radius 1 is 1.33 bits per heavy atom. The van der Waals surface area contributed by atoms with Gasteiger partial charge >= 0.3 is 0 Å². The molecule has 1 aromatic rings. The van der Waals surface area contributed by atoms with E-state index in [2.05, 4.69) is 10.6 Å². The van der Waals surface area contributed by atoms with E-state index in [0.29, 0.717) is 31.1 Å². The molecular weight excluding hydrogens is 330 g/mol. The van der Waals surface area contributed by atoms with Crippen molar-refractivity contribution in [1.82, 2.24) is 10.2 Å². The number of amides is 3. The lowest BCUT2D eigenvalue weighted by Crippen LogP contribution is -2.28. The number of benzene rings is 1. The van der Waals surface area contributed by atoms with Gasteiger partial charge in [-0.15, -0.1) is 0 Å². The van der Waals surface area contributed by atoms with Crippen LogP contribution in [0.15, 0.2) is 24.3 Å². The maximum Gasteiger partial charge on any atom is 0.281 e. The molecule has 1 saturated heterocycles. The van der Waals surface area contributed by atoms with Crippen LogP contribution in [-0.2, 0) is 9.59 Å². The molecule has 7 nitrogen and oxygen atoms in total. The van der Waals surface area contributed by atoms with Gasteiger partial charge in [-0.1, -0.05) is 17.8 Å². The number of carbonyl (C=O) groups is 3. The molecule has 0 aliphatic carbocycles. The van der Waals surface area contributed by atoms with Gasteiger partial charge in [0.15, 0.2) is 6.61 Å². The first-order chi connectivity index (χ1) is 11.6. The smallest absolute Gasteiger partial charge is 0.281 e. The lowest BCUT2D eigenvalue weighted by atomic mass is 10.3. The molecule has 2 rings (SSSR count). The molecule has 2 N–H and O–H groups in total. The van der Waals surface area contributed by atoms with Crippen LogP contribution < -0.4 is 15.4 Å². The number of nitrogens with one attached hydrogen (secondary N) is 2. The van der Waals surface area contributed by atoms with Gasteiger partial charge in [0.25, 0.3) is 11.1 Å². The molecular formula is C16H21N3O4S. The second-order valence-electron chi connectivity index (χ2n) is 5.17. The maximum atomic E-state index is 12.0. The van der Waals surface area contributed by atoms with Gasteiger partial charge in [0.2, 0.25) is 5.91 Å². The molecule has 1 fully saturated rings. The Labute approximate surface area is 145 Å². The van der Waals surface area contributed by atoms with E-state index in [9.17, 15) is 14.4 Å². The second-order valence-corrected chi connectivity index (χ2v) is 6.22. The van der Waals surface area contributed by atoms with E-state index < -0.39 is 0 Å². The summed E-state index contributed by atoms with van der Waals surface area (Å²) in [5, 5.41) is 5.44. The number of carbonyl (C=O) groups excluding carboxylic acids is 3. The Hall–Kier alpha value is -2.22. The van der Waals surface area contributed by atoms with Crippen molar-refractivity contribution in [2.24, 2.45) is 0 Å². The summed E-state index contributed by atoms with van der Waals surface area (Å²) < 4.78 is 5.38. The van der Waals surface area contributed by atoms with Crippen LogP contribution in [0.25, 0.3) is 0 Å². The number of thioether (sulfide) groups is 1. The minimum absolute atomic E-state index is 0.0311. The van der Waals surface area contributed by atoms with Crippen molar-refractivity contribution in [3.63, 3.8) is 0 Å². The van der Waals surface area contributed by atoms with E-state index in [4.69, 9.17) is 4.74 Å². The molecule has 3 amide bonds. The number of ether oxygens (including phenoxy) is 1. The van der Waals surface area contributed by atoms with Crippen LogP contribution >= 0.6 is 11.8 Å². The van der Waals surface area contributed by atoms with Crippen molar-refractivity contribution >= 4 is 34.5 Å². The molecule has 0 saturated carbocycles. The van der Waals surface area contributed by atoms with Gasteiger partial charge in [-0.05, 0) is 19.1 Å². The standard InChI is InChI=1S/C16H21N3O4S/c1-2-17-15(21)11-23-13-5-3-4-12(10-13)18-14(20)6-7-19-8-9-24-16(19)22/h3-5,10H,2,6-9,11H2,1H3,(H,17,21)(H,18,20). The molecule has 0 atom stereocenters. The highest BCUT2D eigenvalue weighted by molar-refractivity contribution is 8.13. The first kappa shape index (κ1) is 18.1. The molecule has 1 aromatic carbocycles. The van der Waals surface area contributed by atoms with Gasteiger partial charge in [0.1, 0.15) is 5.75 Å². The predicted octanol–water partition coefficient (Wildman–Crippen LogP) is 1.70. The lowest BCUT2D eigenvalue weighted by molar-refractivity contribution is -0.123. The number of rotatable bonds is 8. The number of likely N-dealkylation sites (N-methyl/N-ethyl adjacent to an activating group) is 1. The van der Waals surface area contributed by atoms with Crippen LogP contribution in [-0.4, -0.2) is 53.9 Å². The van der Waals surface area contributed by atoms with E-state index in [1.54, 1.807) is 29.2 Å². The minimum Gasteiger partial charge on any atom is -0.484 e. The zero-order valence-electron chi connectivity index (χ0n) is 13.5. The van der Waals surface area contributed by atoms with Crippen LogP contribution in [0.5, 0.6) is 5.75 Å². The fourth-order valence-electron chi connectivity index (χ4n) is 2.15. The van der Waals surface area contributed by atoms with E-state index in [1.807, 2.05) is 6.92 Å². The van der Waals surface area contributed by atoms with E-state index in [1.165, 1.54) is 11.8 Å². The van der Waals surface area contributed by atoms with Crippen molar-refractivity contribution in [2.75, 3.05) is 37.3 Å². The third-order valence-corrected chi connectivity index (χ3v) is 4.21. The minimum atomic E-state index is -0.194. The highest BCUT2D eigenvalue weighted by Crippen LogP contribution is 2.19. The molecule has 8 heteroatoms. The van der Waals surface area contributed by atoms with Gasteiger partial charge in [-0.2, -0.15) is 0 Å². The average molecular weight is 351 g/mol. The van der Waals surface area contributed by atoms with Crippen molar-refractivity contribution in [3.8, 4) is 5.75 Å². The summed E-state index contributed by atoms with van der Waals surface area (Å²) in [7, 11) is 0. The lowest BCUT2D eigenvalue weighted by Gasteiger charge is -2.14. The van der Waals surface area contributed by atoms with Crippen LogP contribution in [0.1, 0.15) is 13.3 Å². The number of hydrogen-bond acceptors (Lipinski definition) is 5. The molecule has 24 heavy (non-hydrogen) atoms. The Morgan fingerprint density at radius 2 is 2.17 bits per heavy atom. The molecule has 0 radical (unpaired) electrons. The monoisotopic (exact) mass is 351 g/mol. The highest BCUT2D eigenvalue weighted by Gasteiger charge is 2.21. The fourth-order valence-corrected chi connectivity index (χ4v) is 3.00. The van der Waals surface area contributed by atoms with E-state index >= 15 is 0 Å². The largest absolute Gasteiger partial charge is 0.484 e. The predicted molar refractivity (Wildman–Crippen MR) is 93.3 cm³/mol. The van der Waals surface area contributed by atoms with Crippen molar-refractivity contribution in [3.05, 3.63) is 24.3 Å². The molecule has 0 bridgehead atoms. The summed E-state index contributed by atoms with van der Waals surface area (Å²) in [5.74, 6) is 0.927. The van der Waals surface area contributed by atoms with Gasteiger partial charge in [-0.3, -0.25) is 14.4 Å². The molecule has 1 heterocycles. The first-order valence-corrected chi connectivity index (χ1v) is 8.78. The SMILES string of the molecule is CCNC(=O)COc1cccc(NC(=O)CCN2CCSC2=O)c1. The molecule has 0 spiro atoms. The van der Waals surface area contributed by atoms with Crippen molar-refractivity contribution in [2.45, 2.75) is 13.3 Å². The summed E-state index contributed by atoms with van der Waals surface area (Å²) in [6.45, 7) is 3.43. The summed E-state index contributed by atoms with van der Waals surface area (Å²) in [4.78, 5) is 36.5. The van der Waals surface area contributed by atoms with E-state index in [-0.39, 0.29) is 30.1 Å². The third kappa shape index (κ3) is 5.77. The Bertz CT molecular complexity index is 609. The van der Waals surface area contributed by atoms with Gasteiger partial charge in [0.05, 0.1) is 0 Å². The fraction of sp³-hybridized carbons (Fsp3) is 0.438. The normalized spacial score (nSPS) is 13.7. The molecule has 130 valence electrons. The maximum absolute atomic E-state index is 12.0. The number of hydrogen-bond donors (Lipinski definition) is 2. The summed E-state index contributed by atoms with van der Waals surface area (Å²) in [5.41, 5.74) is 0.593. The molecule has 1 aliphatic rings. The average Bonchev–Trinajstić information content (AvgIpc) is 2.97. The molecule has 1 aliphatic heterocycles. The number of nitrogens with zero attached hydrogens (tertiary/aromatic N) is 1. The topological polar surface area (TPSA) is 87.7 Å². The zero-order valence-corrected chi connectivity index (χ0v) is 14.4. The van der Waals surface area contributed by atoms with Crippen LogP contribution in [0.2, 0.25) is 0 Å². The Kier molecular flexibility index (Phi) is 6.92. The van der Waals surface area contributed by atoms with Crippen LogP contribution in [0.3, 0.4) is 0 Å². The third-order valence-electron chi connectivity index (χ3n) is 3.32. The first-order valence-electron chi connectivity index (χ1n) is 7.79. The van der Waals surface area contributed by atoms with Crippen molar-refractivity contribution < 1.29 is 19.1 Å². The van der Waals surface area contributed by atoms with Crippen LogP contribution in [0, 0.1) is 0 Å². The Balaban J connectivity index is 1.79. The van der Waals surface area contributed by atoms with Crippen molar-refractivity contribution in [1.29, 1.82) is 0 Å². The Morgan fingerprint density at radius 3 is 2.88 bits per heavy atom. The molecule has 0 aromatic heterocycles.